The molecule has 6 heteroatoms. The fourth-order valence-corrected chi connectivity index (χ4v) is 3.80. The van der Waals surface area contributed by atoms with Crippen LogP contribution in [0.5, 0.6) is 5.75 Å². The number of halogens is 2. The zero-order chi connectivity index (χ0) is 17.5. The van der Waals surface area contributed by atoms with Crippen LogP contribution in [0.2, 0.25) is 0 Å². The molecule has 0 aromatic heterocycles. The van der Waals surface area contributed by atoms with Crippen molar-refractivity contribution in [2.24, 2.45) is 0 Å². The van der Waals surface area contributed by atoms with Crippen LogP contribution in [0.1, 0.15) is 24.1 Å². The molecule has 128 valence electrons. The lowest BCUT2D eigenvalue weighted by Crippen LogP contribution is -2.28. The van der Waals surface area contributed by atoms with Crippen molar-refractivity contribution in [3.8, 4) is 5.75 Å². The topological polar surface area (TPSA) is 38.3 Å². The van der Waals surface area contributed by atoms with Gasteiger partial charge in [-0.3, -0.25) is 4.79 Å². The van der Waals surface area contributed by atoms with E-state index in [1.165, 1.54) is 23.9 Å². The molecule has 0 aliphatic heterocycles. The van der Waals surface area contributed by atoms with Crippen molar-refractivity contribution >= 4 is 33.6 Å². The number of para-hydroxylation sites is 1. The molecule has 1 unspecified atom stereocenters. The Morgan fingerprint density at radius 1 is 1.33 bits per heavy atom. The van der Waals surface area contributed by atoms with Gasteiger partial charge in [-0.1, -0.05) is 40.2 Å². The number of thioether (sulfide) groups is 1. The largest absolute Gasteiger partial charge is 0.496 e. The van der Waals surface area contributed by atoms with E-state index in [2.05, 4.69) is 21.2 Å². The maximum atomic E-state index is 13.1. The van der Waals surface area contributed by atoms with Crippen molar-refractivity contribution < 1.29 is 13.9 Å². The molecule has 0 aliphatic rings. The zero-order valence-electron chi connectivity index (χ0n) is 13.5. The van der Waals surface area contributed by atoms with Crippen LogP contribution in [-0.4, -0.2) is 18.8 Å². The highest BCUT2D eigenvalue weighted by Crippen LogP contribution is 2.25. The monoisotopic (exact) mass is 411 g/mol. The van der Waals surface area contributed by atoms with Crippen molar-refractivity contribution in [3.05, 3.63) is 63.9 Å². The molecule has 2 rings (SSSR count). The molecule has 0 saturated carbocycles. The van der Waals surface area contributed by atoms with Crippen LogP contribution >= 0.6 is 27.7 Å². The van der Waals surface area contributed by atoms with Crippen molar-refractivity contribution in [3.63, 3.8) is 0 Å². The summed E-state index contributed by atoms with van der Waals surface area (Å²) in [7, 11) is 1.61. The molecule has 0 spiro atoms. The number of hydrogen-bond donors (Lipinski definition) is 1. The molecule has 0 saturated heterocycles. The van der Waals surface area contributed by atoms with Gasteiger partial charge in [-0.15, -0.1) is 11.8 Å². The van der Waals surface area contributed by atoms with Gasteiger partial charge in [-0.25, -0.2) is 4.39 Å². The minimum absolute atomic E-state index is 0.0448. The fraction of sp³-hybridized carbons (Fsp3) is 0.278. The van der Waals surface area contributed by atoms with Crippen LogP contribution in [-0.2, 0) is 10.5 Å². The molecule has 0 bridgehead atoms. The molecular formula is C18H19BrFNO2S. The van der Waals surface area contributed by atoms with Gasteiger partial charge >= 0.3 is 0 Å². The maximum Gasteiger partial charge on any atom is 0.230 e. The summed E-state index contributed by atoms with van der Waals surface area (Å²) in [5, 5.41) is 2.97. The number of hydrogen-bond acceptors (Lipinski definition) is 3. The van der Waals surface area contributed by atoms with E-state index in [4.69, 9.17) is 4.74 Å². The van der Waals surface area contributed by atoms with Crippen molar-refractivity contribution in [1.82, 2.24) is 5.32 Å². The van der Waals surface area contributed by atoms with E-state index in [0.717, 1.165) is 21.3 Å². The smallest absolute Gasteiger partial charge is 0.230 e. The average molecular weight is 412 g/mol. The number of carbonyl (C=O) groups is 1. The Bertz CT molecular complexity index is 711. The highest BCUT2D eigenvalue weighted by atomic mass is 79.9. The SMILES string of the molecule is COc1ccccc1C(C)NC(=O)CSCc1ccc(F)cc1Br. The van der Waals surface area contributed by atoms with Crippen molar-refractivity contribution in [1.29, 1.82) is 0 Å². The van der Waals surface area contributed by atoms with Gasteiger partial charge in [-0.2, -0.15) is 0 Å². The summed E-state index contributed by atoms with van der Waals surface area (Å²) >= 11 is 4.82. The maximum absolute atomic E-state index is 13.1. The van der Waals surface area contributed by atoms with E-state index in [1.807, 2.05) is 31.2 Å². The molecule has 2 aromatic rings. The molecule has 0 aliphatic carbocycles. The van der Waals surface area contributed by atoms with Gasteiger partial charge in [0.05, 0.1) is 18.9 Å². The first kappa shape index (κ1) is 18.8. The van der Waals surface area contributed by atoms with E-state index in [0.29, 0.717) is 11.5 Å². The summed E-state index contributed by atoms with van der Waals surface area (Å²) < 4.78 is 19.1. The van der Waals surface area contributed by atoms with Crippen LogP contribution in [0, 0.1) is 5.82 Å². The Kier molecular flexibility index (Phi) is 7.12. The lowest BCUT2D eigenvalue weighted by molar-refractivity contribution is -0.119. The third-order valence-electron chi connectivity index (χ3n) is 3.49. The molecule has 0 heterocycles. The molecule has 2 aromatic carbocycles. The first-order valence-corrected chi connectivity index (χ1v) is 9.40. The minimum atomic E-state index is -0.279. The molecule has 0 fully saturated rings. The Balaban J connectivity index is 1.84. The van der Waals surface area contributed by atoms with Gasteiger partial charge in [0.25, 0.3) is 0 Å². The second-order valence-electron chi connectivity index (χ2n) is 5.26. The Labute approximate surface area is 154 Å². The minimum Gasteiger partial charge on any atom is -0.496 e. The highest BCUT2D eigenvalue weighted by molar-refractivity contribution is 9.10. The number of carbonyl (C=O) groups excluding carboxylic acids is 1. The Morgan fingerprint density at radius 3 is 2.79 bits per heavy atom. The third kappa shape index (κ3) is 5.24. The third-order valence-corrected chi connectivity index (χ3v) is 5.21. The van der Waals surface area contributed by atoms with Gasteiger partial charge in [-0.05, 0) is 30.7 Å². The van der Waals surface area contributed by atoms with Crippen LogP contribution in [0.4, 0.5) is 4.39 Å². The van der Waals surface area contributed by atoms with Gasteiger partial charge in [0.2, 0.25) is 5.91 Å². The molecular weight excluding hydrogens is 393 g/mol. The number of nitrogens with one attached hydrogen (secondary N) is 1. The number of benzene rings is 2. The van der Waals surface area contributed by atoms with Gasteiger partial charge in [0.15, 0.2) is 0 Å². The van der Waals surface area contributed by atoms with Crippen LogP contribution in [0.25, 0.3) is 0 Å². The van der Waals surface area contributed by atoms with Gasteiger partial charge in [0, 0.05) is 15.8 Å². The number of amides is 1. The van der Waals surface area contributed by atoms with Gasteiger partial charge < -0.3 is 10.1 Å². The summed E-state index contributed by atoms with van der Waals surface area (Å²) in [5.41, 5.74) is 1.91. The first-order chi connectivity index (χ1) is 11.5. The lowest BCUT2D eigenvalue weighted by Gasteiger charge is -2.17. The zero-order valence-corrected chi connectivity index (χ0v) is 15.9. The fourth-order valence-electron chi connectivity index (χ4n) is 2.28. The predicted molar refractivity (Wildman–Crippen MR) is 99.8 cm³/mol. The van der Waals surface area contributed by atoms with Crippen LogP contribution in [0.15, 0.2) is 46.9 Å². The quantitative estimate of drug-likeness (QED) is 0.716. The van der Waals surface area contributed by atoms with Gasteiger partial charge in [0.1, 0.15) is 11.6 Å². The average Bonchev–Trinajstić information content (AvgIpc) is 2.56. The van der Waals surface area contributed by atoms with E-state index in [9.17, 15) is 9.18 Å². The Hall–Kier alpha value is -1.53. The van der Waals surface area contributed by atoms with E-state index in [-0.39, 0.29) is 17.8 Å². The van der Waals surface area contributed by atoms with Crippen LogP contribution < -0.4 is 10.1 Å². The molecule has 3 nitrogen and oxygen atoms in total. The molecule has 1 atom stereocenters. The molecule has 0 radical (unpaired) electrons. The van der Waals surface area contributed by atoms with E-state index < -0.39 is 0 Å². The second kappa shape index (κ2) is 9.08. The summed E-state index contributed by atoms with van der Waals surface area (Å²) in [6, 6.07) is 12.1. The standard InChI is InChI=1S/C18H19BrFNO2S/c1-12(15-5-3-4-6-17(15)23-2)21-18(22)11-24-10-13-7-8-14(20)9-16(13)19/h3-9,12H,10-11H2,1-2H3,(H,21,22). The van der Waals surface area contributed by atoms with Crippen molar-refractivity contribution in [2.45, 2.75) is 18.7 Å². The van der Waals surface area contributed by atoms with E-state index in [1.54, 1.807) is 13.2 Å². The lowest BCUT2D eigenvalue weighted by atomic mass is 10.1. The van der Waals surface area contributed by atoms with E-state index >= 15 is 0 Å². The number of rotatable bonds is 7. The summed E-state index contributed by atoms with van der Waals surface area (Å²) in [6.07, 6.45) is 0. The summed E-state index contributed by atoms with van der Waals surface area (Å²) in [5.74, 6) is 1.41. The molecule has 24 heavy (non-hydrogen) atoms. The predicted octanol–water partition coefficient (Wildman–Crippen LogP) is 4.71. The van der Waals surface area contributed by atoms with Crippen LogP contribution in [0.3, 0.4) is 0 Å². The first-order valence-electron chi connectivity index (χ1n) is 7.45. The summed E-state index contributed by atoms with van der Waals surface area (Å²) in [4.78, 5) is 12.1. The second-order valence-corrected chi connectivity index (χ2v) is 7.10. The Morgan fingerprint density at radius 2 is 2.08 bits per heavy atom. The highest BCUT2D eigenvalue weighted by Gasteiger charge is 2.13. The summed E-state index contributed by atoms with van der Waals surface area (Å²) in [6.45, 7) is 1.93. The normalized spacial score (nSPS) is 11.8. The number of ether oxygens (including phenoxy) is 1. The van der Waals surface area contributed by atoms with Crippen molar-refractivity contribution in [2.75, 3.05) is 12.9 Å². The molecule has 1 amide bonds. The number of methoxy groups -OCH3 is 1. The molecule has 1 N–H and O–H groups in total.